The fraction of sp³-hybridized carbons (Fsp3) is 0.333. The van der Waals surface area contributed by atoms with Crippen LogP contribution >= 0.6 is 11.3 Å². The lowest BCUT2D eigenvalue weighted by Crippen LogP contribution is -2.26. The van der Waals surface area contributed by atoms with Crippen LogP contribution in [0.2, 0.25) is 0 Å². The van der Waals surface area contributed by atoms with Gasteiger partial charge < -0.3 is 15.0 Å². The Morgan fingerprint density at radius 3 is 2.75 bits per heavy atom. The van der Waals surface area contributed by atoms with Crippen LogP contribution in [-0.4, -0.2) is 36.6 Å². The van der Waals surface area contributed by atoms with Gasteiger partial charge in [0.1, 0.15) is 6.61 Å². The monoisotopic (exact) mass is 344 g/mol. The highest BCUT2D eigenvalue weighted by Crippen LogP contribution is 2.20. The van der Waals surface area contributed by atoms with Gasteiger partial charge in [0.15, 0.2) is 0 Å². The molecule has 2 aromatic rings. The van der Waals surface area contributed by atoms with Crippen molar-refractivity contribution in [2.75, 3.05) is 25.0 Å². The van der Waals surface area contributed by atoms with Crippen molar-refractivity contribution in [1.82, 2.24) is 4.90 Å². The second kappa shape index (κ2) is 7.49. The zero-order chi connectivity index (χ0) is 16.9. The lowest BCUT2D eigenvalue weighted by molar-refractivity contribution is -0.117. The molecule has 5 nitrogen and oxygen atoms in total. The van der Waals surface area contributed by atoms with Crippen molar-refractivity contribution in [2.24, 2.45) is 0 Å². The molecule has 1 atom stereocenters. The fourth-order valence-corrected chi connectivity index (χ4v) is 3.32. The summed E-state index contributed by atoms with van der Waals surface area (Å²) in [5.41, 5.74) is 2.94. The third-order valence-electron chi connectivity index (χ3n) is 4.17. The summed E-state index contributed by atoms with van der Waals surface area (Å²) in [6, 6.07) is 9.73. The number of thiophene rings is 1. The molecule has 6 heteroatoms. The molecule has 126 valence electrons. The van der Waals surface area contributed by atoms with Crippen molar-refractivity contribution in [2.45, 2.75) is 19.3 Å². The predicted octanol–water partition coefficient (Wildman–Crippen LogP) is 3.49. The molecule has 0 saturated carbocycles. The van der Waals surface area contributed by atoms with Gasteiger partial charge in [-0.05, 0) is 53.4 Å². The first-order valence-corrected chi connectivity index (χ1v) is 8.91. The predicted molar refractivity (Wildman–Crippen MR) is 94.4 cm³/mol. The van der Waals surface area contributed by atoms with Crippen LogP contribution in [0.5, 0.6) is 0 Å². The van der Waals surface area contributed by atoms with Crippen LogP contribution in [-0.2, 0) is 16.0 Å². The number of carbonyl (C=O) groups excluding carboxylic acids is 2. The van der Waals surface area contributed by atoms with Gasteiger partial charge in [0, 0.05) is 12.2 Å². The molecule has 24 heavy (non-hydrogen) atoms. The molecule has 1 fully saturated rings. The number of anilines is 1. The summed E-state index contributed by atoms with van der Waals surface area (Å²) in [6.07, 6.45) is 0.538. The number of carbonyl (C=O) groups is 2. The first-order chi connectivity index (χ1) is 11.6. The van der Waals surface area contributed by atoms with Gasteiger partial charge in [0.2, 0.25) is 5.91 Å². The topological polar surface area (TPSA) is 58.6 Å². The van der Waals surface area contributed by atoms with Crippen molar-refractivity contribution in [3.8, 4) is 0 Å². The smallest absolute Gasteiger partial charge is 0.409 e. The van der Waals surface area contributed by atoms with E-state index < -0.39 is 0 Å². The number of amides is 2. The number of rotatable bonds is 6. The second-order valence-corrected chi connectivity index (χ2v) is 6.60. The van der Waals surface area contributed by atoms with E-state index >= 15 is 0 Å². The van der Waals surface area contributed by atoms with Gasteiger partial charge in [0.05, 0.1) is 12.5 Å². The number of hydrogen-bond acceptors (Lipinski definition) is 4. The standard InChI is InChI=1S/C18H20N2O3S/c1-13(15-7-11-24-12-15)17(21)19-16-4-2-14(3-5-16)6-8-20-9-10-23-18(20)22/h2-5,7,11-13H,6,8-10H2,1H3,(H,19,21)/t13-/m0/s1. The number of nitrogens with one attached hydrogen (secondary N) is 1. The van der Waals surface area contributed by atoms with Crippen LogP contribution in [0.25, 0.3) is 0 Å². The molecule has 1 saturated heterocycles. The quantitative estimate of drug-likeness (QED) is 0.873. The summed E-state index contributed by atoms with van der Waals surface area (Å²) < 4.78 is 4.91. The van der Waals surface area contributed by atoms with Gasteiger partial charge in [-0.2, -0.15) is 11.3 Å². The van der Waals surface area contributed by atoms with Crippen molar-refractivity contribution in [3.63, 3.8) is 0 Å². The van der Waals surface area contributed by atoms with E-state index in [1.54, 1.807) is 16.2 Å². The summed E-state index contributed by atoms with van der Waals surface area (Å²) in [4.78, 5) is 25.4. The second-order valence-electron chi connectivity index (χ2n) is 5.82. The summed E-state index contributed by atoms with van der Waals surface area (Å²) in [7, 11) is 0. The number of cyclic esters (lactones) is 1. The van der Waals surface area contributed by atoms with E-state index in [-0.39, 0.29) is 17.9 Å². The highest BCUT2D eigenvalue weighted by molar-refractivity contribution is 7.08. The third-order valence-corrected chi connectivity index (χ3v) is 4.87. The molecule has 0 spiro atoms. The fourth-order valence-electron chi connectivity index (χ4n) is 2.57. The highest BCUT2D eigenvalue weighted by atomic mass is 32.1. The number of nitrogens with zero attached hydrogens (tertiary/aromatic N) is 1. The van der Waals surface area contributed by atoms with Crippen LogP contribution in [0.1, 0.15) is 24.0 Å². The van der Waals surface area contributed by atoms with Crippen molar-refractivity contribution < 1.29 is 14.3 Å². The molecule has 1 aliphatic heterocycles. The van der Waals surface area contributed by atoms with E-state index in [2.05, 4.69) is 5.32 Å². The van der Waals surface area contributed by atoms with E-state index in [0.717, 1.165) is 23.2 Å². The van der Waals surface area contributed by atoms with Gasteiger partial charge >= 0.3 is 6.09 Å². The lowest BCUT2D eigenvalue weighted by Gasteiger charge is -2.13. The molecule has 2 amide bonds. The summed E-state index contributed by atoms with van der Waals surface area (Å²) in [6.45, 7) is 3.69. The maximum absolute atomic E-state index is 12.3. The number of ether oxygens (including phenoxy) is 1. The van der Waals surface area contributed by atoms with E-state index in [1.165, 1.54) is 0 Å². The third kappa shape index (κ3) is 3.94. The minimum absolute atomic E-state index is 0.0130. The van der Waals surface area contributed by atoms with Gasteiger partial charge in [-0.15, -0.1) is 0 Å². The molecule has 1 aromatic heterocycles. The average Bonchev–Trinajstić information content (AvgIpc) is 3.25. The molecule has 1 N–H and O–H groups in total. The summed E-state index contributed by atoms with van der Waals surface area (Å²) >= 11 is 1.59. The Balaban J connectivity index is 1.52. The van der Waals surface area contributed by atoms with Gasteiger partial charge in [-0.25, -0.2) is 4.79 Å². The van der Waals surface area contributed by atoms with Crippen LogP contribution in [0, 0.1) is 0 Å². The largest absolute Gasteiger partial charge is 0.448 e. The maximum atomic E-state index is 12.3. The minimum Gasteiger partial charge on any atom is -0.448 e. The van der Waals surface area contributed by atoms with E-state index in [0.29, 0.717) is 19.7 Å². The van der Waals surface area contributed by atoms with Crippen LogP contribution < -0.4 is 5.32 Å². The molecule has 1 aliphatic rings. The molecule has 3 rings (SSSR count). The Kier molecular flexibility index (Phi) is 5.15. The van der Waals surface area contributed by atoms with E-state index in [9.17, 15) is 9.59 Å². The van der Waals surface area contributed by atoms with Crippen molar-refractivity contribution >= 4 is 29.0 Å². The molecule has 0 bridgehead atoms. The first-order valence-electron chi connectivity index (χ1n) is 7.97. The molecular formula is C18H20N2O3S. The molecule has 0 aliphatic carbocycles. The number of benzene rings is 1. The van der Waals surface area contributed by atoms with Crippen molar-refractivity contribution in [3.05, 3.63) is 52.2 Å². The first kappa shape index (κ1) is 16.5. The van der Waals surface area contributed by atoms with Gasteiger partial charge in [-0.3, -0.25) is 4.79 Å². The summed E-state index contributed by atoms with van der Waals surface area (Å²) in [5.74, 6) is -0.182. The Bertz CT molecular complexity index is 698. The molecule has 1 aromatic carbocycles. The Morgan fingerprint density at radius 2 is 2.12 bits per heavy atom. The molecule has 0 radical (unpaired) electrons. The number of hydrogen-bond donors (Lipinski definition) is 1. The Labute approximate surface area is 145 Å². The van der Waals surface area contributed by atoms with Crippen LogP contribution in [0.15, 0.2) is 41.1 Å². The maximum Gasteiger partial charge on any atom is 0.409 e. The van der Waals surface area contributed by atoms with Gasteiger partial charge in [0.25, 0.3) is 0 Å². The zero-order valence-electron chi connectivity index (χ0n) is 13.5. The summed E-state index contributed by atoms with van der Waals surface area (Å²) in [5, 5.41) is 6.92. The zero-order valence-corrected chi connectivity index (χ0v) is 14.3. The highest BCUT2D eigenvalue weighted by Gasteiger charge is 2.21. The normalized spacial score (nSPS) is 15.2. The average molecular weight is 344 g/mol. The van der Waals surface area contributed by atoms with Crippen LogP contribution in [0.3, 0.4) is 0 Å². The molecular weight excluding hydrogens is 324 g/mol. The Hall–Kier alpha value is -2.34. The molecule has 2 heterocycles. The lowest BCUT2D eigenvalue weighted by atomic mass is 10.0. The van der Waals surface area contributed by atoms with Crippen molar-refractivity contribution in [1.29, 1.82) is 0 Å². The molecule has 0 unspecified atom stereocenters. The van der Waals surface area contributed by atoms with Crippen LogP contribution in [0.4, 0.5) is 10.5 Å². The van der Waals surface area contributed by atoms with Gasteiger partial charge in [-0.1, -0.05) is 12.1 Å². The minimum atomic E-state index is -0.235. The SMILES string of the molecule is C[C@H](C(=O)Nc1ccc(CCN2CCOC2=O)cc1)c1ccsc1. The van der Waals surface area contributed by atoms with E-state index in [1.807, 2.05) is 48.0 Å². The van der Waals surface area contributed by atoms with E-state index in [4.69, 9.17) is 4.74 Å². The Morgan fingerprint density at radius 1 is 1.33 bits per heavy atom.